The first-order valence-electron chi connectivity index (χ1n) is 3.62. The van der Waals surface area contributed by atoms with E-state index in [0.717, 1.165) is 18.2 Å². The Bertz CT molecular complexity index is 198. The van der Waals surface area contributed by atoms with Crippen molar-refractivity contribution in [2.24, 2.45) is 0 Å². The average Bonchev–Trinajstić information content (AvgIpc) is 2.34. The summed E-state index contributed by atoms with van der Waals surface area (Å²) in [5.74, 6) is 0. The van der Waals surface area contributed by atoms with Crippen LogP contribution >= 0.6 is 12.2 Å². The van der Waals surface area contributed by atoms with E-state index < -0.39 is 0 Å². The van der Waals surface area contributed by atoms with Crippen LogP contribution in [0.5, 0.6) is 0 Å². The smallest absolute Gasteiger partial charge is 0.179 e. The monoisotopic (exact) mass is 168 g/mol. The molecule has 0 aromatic rings. The predicted octanol–water partition coefficient (Wildman–Crippen LogP) is 1.57. The minimum atomic E-state index is 0.845. The van der Waals surface area contributed by atoms with Crippen LogP contribution in [0.15, 0.2) is 25.1 Å². The highest BCUT2D eigenvalue weighted by molar-refractivity contribution is 7.80. The topological polar surface area (TPSA) is 6.48 Å². The van der Waals surface area contributed by atoms with Gasteiger partial charge in [0.1, 0.15) is 0 Å². The third kappa shape index (κ3) is 1.60. The van der Waals surface area contributed by atoms with Crippen molar-refractivity contribution in [3.05, 3.63) is 25.1 Å². The van der Waals surface area contributed by atoms with E-state index in [1.165, 1.54) is 0 Å². The standard InChI is InChI=1S/C8H12N2S/c1-3-5-10-7-6-9(4-2)8(10)11/h3-5H,2,6-7H2,1H3. The van der Waals surface area contributed by atoms with Crippen molar-refractivity contribution in [1.29, 1.82) is 0 Å². The van der Waals surface area contributed by atoms with E-state index in [0.29, 0.717) is 0 Å². The van der Waals surface area contributed by atoms with Crippen molar-refractivity contribution in [2.75, 3.05) is 13.1 Å². The summed E-state index contributed by atoms with van der Waals surface area (Å²) in [7, 11) is 0. The summed E-state index contributed by atoms with van der Waals surface area (Å²) < 4.78 is 0. The molecule has 0 radical (unpaired) electrons. The number of hydrogen-bond donors (Lipinski definition) is 0. The zero-order valence-corrected chi connectivity index (χ0v) is 7.47. The van der Waals surface area contributed by atoms with Gasteiger partial charge < -0.3 is 9.80 Å². The lowest BCUT2D eigenvalue weighted by atomic mass is 10.6. The van der Waals surface area contributed by atoms with Crippen molar-refractivity contribution in [2.45, 2.75) is 6.92 Å². The zero-order valence-electron chi connectivity index (χ0n) is 6.66. The number of rotatable bonds is 2. The summed E-state index contributed by atoms with van der Waals surface area (Å²) in [4.78, 5) is 4.01. The number of thiocarbonyl (C=S) groups is 1. The quantitative estimate of drug-likeness (QED) is 0.578. The van der Waals surface area contributed by atoms with Crippen LogP contribution in [-0.4, -0.2) is 28.0 Å². The lowest BCUT2D eigenvalue weighted by molar-refractivity contribution is 0.603. The normalized spacial score (nSPS) is 18.5. The first kappa shape index (κ1) is 8.27. The minimum absolute atomic E-state index is 0.845. The molecular formula is C8H12N2S. The number of hydrogen-bond acceptors (Lipinski definition) is 1. The van der Waals surface area contributed by atoms with Gasteiger partial charge >= 0.3 is 0 Å². The van der Waals surface area contributed by atoms with E-state index in [2.05, 4.69) is 6.58 Å². The molecule has 1 fully saturated rings. The zero-order chi connectivity index (χ0) is 8.27. The molecule has 0 aliphatic carbocycles. The van der Waals surface area contributed by atoms with Crippen LogP contribution in [0.25, 0.3) is 0 Å². The van der Waals surface area contributed by atoms with Crippen molar-refractivity contribution in [3.8, 4) is 0 Å². The summed E-state index contributed by atoms with van der Waals surface area (Å²) in [6.45, 7) is 7.58. The highest BCUT2D eigenvalue weighted by Gasteiger charge is 2.19. The fraction of sp³-hybridized carbons (Fsp3) is 0.375. The second-order valence-corrected chi connectivity index (χ2v) is 2.70. The Morgan fingerprint density at radius 2 is 2.09 bits per heavy atom. The Morgan fingerprint density at radius 1 is 1.45 bits per heavy atom. The molecule has 1 aliphatic heterocycles. The van der Waals surface area contributed by atoms with Crippen molar-refractivity contribution in [1.82, 2.24) is 9.80 Å². The first-order chi connectivity index (χ1) is 5.29. The summed E-state index contributed by atoms with van der Waals surface area (Å²) >= 11 is 5.16. The predicted molar refractivity (Wildman–Crippen MR) is 51.0 cm³/mol. The molecule has 1 heterocycles. The number of allylic oxidation sites excluding steroid dienone is 1. The lowest BCUT2D eigenvalue weighted by Gasteiger charge is -2.14. The summed E-state index contributed by atoms with van der Waals surface area (Å²) in [5, 5.41) is 0.845. The second-order valence-electron chi connectivity index (χ2n) is 2.33. The summed E-state index contributed by atoms with van der Waals surface area (Å²) in [6.07, 6.45) is 5.75. The lowest BCUT2D eigenvalue weighted by Crippen LogP contribution is -2.23. The molecule has 3 heteroatoms. The maximum absolute atomic E-state index is 5.16. The Balaban J connectivity index is 2.62. The Kier molecular flexibility index (Phi) is 2.65. The van der Waals surface area contributed by atoms with Gasteiger partial charge in [-0.25, -0.2) is 0 Å². The SMILES string of the molecule is C=CN1CCN(C=CC)C1=S. The molecule has 0 atom stereocenters. The van der Waals surface area contributed by atoms with E-state index in [1.807, 2.05) is 29.0 Å². The van der Waals surface area contributed by atoms with E-state index in [4.69, 9.17) is 12.2 Å². The molecule has 2 nitrogen and oxygen atoms in total. The Morgan fingerprint density at radius 3 is 2.55 bits per heavy atom. The van der Waals surface area contributed by atoms with Gasteiger partial charge in [-0.2, -0.15) is 0 Å². The molecular weight excluding hydrogens is 156 g/mol. The van der Waals surface area contributed by atoms with Gasteiger partial charge in [0.2, 0.25) is 0 Å². The van der Waals surface area contributed by atoms with E-state index in [9.17, 15) is 0 Å². The third-order valence-electron chi connectivity index (χ3n) is 1.62. The molecule has 1 aliphatic rings. The molecule has 0 amide bonds. The van der Waals surface area contributed by atoms with Crippen molar-refractivity contribution < 1.29 is 0 Å². The van der Waals surface area contributed by atoms with E-state index >= 15 is 0 Å². The molecule has 11 heavy (non-hydrogen) atoms. The van der Waals surface area contributed by atoms with E-state index in [-0.39, 0.29) is 0 Å². The maximum atomic E-state index is 5.16. The van der Waals surface area contributed by atoms with Crippen LogP contribution in [0.2, 0.25) is 0 Å². The summed E-state index contributed by atoms with van der Waals surface area (Å²) in [6, 6.07) is 0. The summed E-state index contributed by atoms with van der Waals surface area (Å²) in [5.41, 5.74) is 0. The van der Waals surface area contributed by atoms with Crippen LogP contribution in [0.1, 0.15) is 6.92 Å². The van der Waals surface area contributed by atoms with Crippen LogP contribution in [0.4, 0.5) is 0 Å². The highest BCUT2D eigenvalue weighted by Crippen LogP contribution is 2.08. The molecule has 0 N–H and O–H groups in total. The van der Waals surface area contributed by atoms with Crippen LogP contribution in [0.3, 0.4) is 0 Å². The molecule has 0 unspecified atom stereocenters. The fourth-order valence-electron chi connectivity index (χ4n) is 1.06. The maximum Gasteiger partial charge on any atom is 0.179 e. The molecule has 0 bridgehead atoms. The molecule has 1 rings (SSSR count). The van der Waals surface area contributed by atoms with Crippen molar-refractivity contribution >= 4 is 17.3 Å². The molecule has 0 aromatic carbocycles. The van der Waals surface area contributed by atoms with Gasteiger partial charge in [0, 0.05) is 19.3 Å². The van der Waals surface area contributed by atoms with Gasteiger partial charge in [0.15, 0.2) is 5.11 Å². The number of nitrogens with zero attached hydrogens (tertiary/aromatic N) is 2. The fourth-order valence-corrected chi connectivity index (χ4v) is 1.38. The van der Waals surface area contributed by atoms with E-state index in [1.54, 1.807) is 6.20 Å². The second kappa shape index (κ2) is 3.53. The van der Waals surface area contributed by atoms with Crippen LogP contribution in [0, 0.1) is 0 Å². The largest absolute Gasteiger partial charge is 0.324 e. The Hall–Kier alpha value is -0.830. The van der Waals surface area contributed by atoms with Gasteiger partial charge in [0.05, 0.1) is 0 Å². The van der Waals surface area contributed by atoms with Crippen LogP contribution < -0.4 is 0 Å². The van der Waals surface area contributed by atoms with Gasteiger partial charge in [-0.3, -0.25) is 0 Å². The first-order valence-corrected chi connectivity index (χ1v) is 4.03. The average molecular weight is 168 g/mol. The van der Waals surface area contributed by atoms with Crippen molar-refractivity contribution in [3.63, 3.8) is 0 Å². The molecule has 0 aromatic heterocycles. The molecule has 0 saturated carbocycles. The molecule has 1 saturated heterocycles. The van der Waals surface area contributed by atoms with Gasteiger partial charge in [-0.15, -0.1) is 0 Å². The van der Waals surface area contributed by atoms with Gasteiger partial charge in [-0.05, 0) is 25.3 Å². The molecule has 60 valence electrons. The minimum Gasteiger partial charge on any atom is -0.324 e. The third-order valence-corrected chi connectivity index (χ3v) is 2.09. The highest BCUT2D eigenvalue weighted by atomic mass is 32.1. The van der Waals surface area contributed by atoms with Gasteiger partial charge in [0.25, 0.3) is 0 Å². The van der Waals surface area contributed by atoms with Crippen LogP contribution in [-0.2, 0) is 0 Å². The Labute approximate surface area is 72.8 Å². The molecule has 0 spiro atoms. The van der Waals surface area contributed by atoms with Gasteiger partial charge in [-0.1, -0.05) is 12.7 Å².